The third-order valence-corrected chi connectivity index (χ3v) is 5.74. The summed E-state index contributed by atoms with van der Waals surface area (Å²) in [5.74, 6) is 0.704. The van der Waals surface area contributed by atoms with Gasteiger partial charge in [-0.25, -0.2) is 0 Å². The minimum absolute atomic E-state index is 0.0132. The summed E-state index contributed by atoms with van der Waals surface area (Å²) < 4.78 is 0. The minimum atomic E-state index is -0.438. The predicted octanol–water partition coefficient (Wildman–Crippen LogP) is 4.41. The summed E-state index contributed by atoms with van der Waals surface area (Å²) >= 11 is 1.73. The average molecular weight is 356 g/mol. The Bertz CT molecular complexity index is 851. The first-order valence-corrected chi connectivity index (χ1v) is 9.18. The molecule has 0 N–H and O–H groups in total. The summed E-state index contributed by atoms with van der Waals surface area (Å²) in [4.78, 5) is 25.5. The minimum Gasteiger partial charge on any atom is -0.322 e. The molecule has 1 fully saturated rings. The van der Waals surface area contributed by atoms with Gasteiger partial charge < -0.3 is 4.90 Å². The number of rotatable bonds is 3. The molecule has 1 atom stereocenters. The highest BCUT2D eigenvalue weighted by Gasteiger charge is 2.32. The largest absolute Gasteiger partial charge is 0.322 e. The second-order valence-electron chi connectivity index (χ2n) is 6.34. The first kappa shape index (κ1) is 17.5. The van der Waals surface area contributed by atoms with Crippen LogP contribution in [0.3, 0.4) is 0 Å². The SMILES string of the molecule is Cc1ccc([C@@H]2SCCN2C(=O)c2ccc(C)c([N+](=O)[O-])c2)c(C)c1. The molecule has 130 valence electrons. The lowest BCUT2D eigenvalue weighted by Crippen LogP contribution is -2.30. The predicted molar refractivity (Wildman–Crippen MR) is 100.0 cm³/mol. The molecule has 0 saturated carbocycles. The zero-order chi connectivity index (χ0) is 18.1. The maximum Gasteiger partial charge on any atom is 0.273 e. The third kappa shape index (κ3) is 3.39. The molecule has 25 heavy (non-hydrogen) atoms. The molecule has 0 bridgehead atoms. The molecular formula is C19H20N2O3S. The monoisotopic (exact) mass is 356 g/mol. The topological polar surface area (TPSA) is 63.5 Å². The maximum atomic E-state index is 13.0. The Hall–Kier alpha value is -2.34. The fourth-order valence-corrected chi connectivity index (χ4v) is 4.49. The van der Waals surface area contributed by atoms with E-state index in [9.17, 15) is 14.9 Å². The number of hydrogen-bond donors (Lipinski definition) is 0. The Balaban J connectivity index is 1.93. The molecule has 2 aromatic rings. The van der Waals surface area contributed by atoms with Crippen molar-refractivity contribution < 1.29 is 9.72 Å². The Morgan fingerprint density at radius 3 is 2.60 bits per heavy atom. The van der Waals surface area contributed by atoms with Crippen LogP contribution in [0.15, 0.2) is 36.4 Å². The Kier molecular flexibility index (Phi) is 4.81. The summed E-state index contributed by atoms with van der Waals surface area (Å²) in [6.07, 6.45) is 0. The van der Waals surface area contributed by atoms with Crippen molar-refractivity contribution >= 4 is 23.4 Å². The van der Waals surface area contributed by atoms with E-state index in [1.54, 1.807) is 30.8 Å². The van der Waals surface area contributed by atoms with Gasteiger partial charge in [-0.15, -0.1) is 11.8 Å². The number of carbonyl (C=O) groups excluding carboxylic acids is 1. The van der Waals surface area contributed by atoms with Crippen molar-refractivity contribution in [2.45, 2.75) is 26.1 Å². The highest BCUT2D eigenvalue weighted by atomic mass is 32.2. The highest BCUT2D eigenvalue weighted by Crippen LogP contribution is 2.40. The van der Waals surface area contributed by atoms with E-state index in [2.05, 4.69) is 25.1 Å². The summed E-state index contributed by atoms with van der Waals surface area (Å²) in [6.45, 7) is 6.42. The summed E-state index contributed by atoms with van der Waals surface area (Å²) in [6, 6.07) is 11.0. The molecule has 0 radical (unpaired) electrons. The van der Waals surface area contributed by atoms with Crippen molar-refractivity contribution in [1.82, 2.24) is 4.90 Å². The van der Waals surface area contributed by atoms with Gasteiger partial charge in [0.05, 0.1) is 4.92 Å². The first-order valence-electron chi connectivity index (χ1n) is 8.13. The van der Waals surface area contributed by atoms with E-state index in [-0.39, 0.29) is 17.0 Å². The van der Waals surface area contributed by atoms with Crippen molar-refractivity contribution in [2.24, 2.45) is 0 Å². The van der Waals surface area contributed by atoms with Gasteiger partial charge in [0.15, 0.2) is 0 Å². The van der Waals surface area contributed by atoms with E-state index in [0.29, 0.717) is 17.7 Å². The number of nitrogens with zero attached hydrogens (tertiary/aromatic N) is 2. The Morgan fingerprint density at radius 1 is 1.16 bits per heavy atom. The number of nitro benzene ring substituents is 1. The molecule has 1 aliphatic heterocycles. The molecular weight excluding hydrogens is 336 g/mol. The van der Waals surface area contributed by atoms with Crippen molar-refractivity contribution in [3.63, 3.8) is 0 Å². The molecule has 1 amide bonds. The van der Waals surface area contributed by atoms with Crippen LogP contribution in [0.5, 0.6) is 0 Å². The van der Waals surface area contributed by atoms with Gasteiger partial charge in [0.1, 0.15) is 5.37 Å². The van der Waals surface area contributed by atoms with Crippen molar-refractivity contribution in [1.29, 1.82) is 0 Å². The van der Waals surface area contributed by atoms with E-state index in [1.807, 2.05) is 11.8 Å². The second kappa shape index (κ2) is 6.88. The van der Waals surface area contributed by atoms with E-state index in [0.717, 1.165) is 16.9 Å². The number of aryl methyl sites for hydroxylation is 3. The highest BCUT2D eigenvalue weighted by molar-refractivity contribution is 7.99. The van der Waals surface area contributed by atoms with E-state index in [4.69, 9.17) is 0 Å². The normalized spacial score (nSPS) is 16.9. The van der Waals surface area contributed by atoms with Crippen LogP contribution >= 0.6 is 11.8 Å². The number of amides is 1. The van der Waals surface area contributed by atoms with Gasteiger partial charge in [0.25, 0.3) is 11.6 Å². The molecule has 3 rings (SSSR count). The summed E-state index contributed by atoms with van der Waals surface area (Å²) in [7, 11) is 0. The van der Waals surface area contributed by atoms with Gasteiger partial charge in [0, 0.05) is 29.5 Å². The second-order valence-corrected chi connectivity index (χ2v) is 7.53. The molecule has 0 spiro atoms. The zero-order valence-corrected chi connectivity index (χ0v) is 15.3. The van der Waals surface area contributed by atoms with Crippen LogP contribution in [-0.2, 0) is 0 Å². The van der Waals surface area contributed by atoms with E-state index >= 15 is 0 Å². The van der Waals surface area contributed by atoms with Crippen LogP contribution < -0.4 is 0 Å². The number of nitro groups is 1. The van der Waals surface area contributed by atoms with Gasteiger partial charge in [-0.1, -0.05) is 29.8 Å². The number of carbonyl (C=O) groups is 1. The van der Waals surface area contributed by atoms with Gasteiger partial charge in [-0.05, 0) is 38.0 Å². The molecule has 0 aliphatic carbocycles. The standard InChI is InChI=1S/C19H20N2O3S/c1-12-4-7-16(14(3)10-12)19-20(8-9-25-19)18(22)15-6-5-13(2)17(11-15)21(23)24/h4-7,10-11,19H,8-9H2,1-3H3/t19-/m0/s1. The maximum absolute atomic E-state index is 13.0. The number of thioether (sulfide) groups is 1. The van der Waals surface area contributed by atoms with E-state index < -0.39 is 4.92 Å². The quantitative estimate of drug-likeness (QED) is 0.604. The van der Waals surface area contributed by atoms with Gasteiger partial charge >= 0.3 is 0 Å². The van der Waals surface area contributed by atoms with Crippen molar-refractivity contribution in [3.05, 3.63) is 74.3 Å². The summed E-state index contributed by atoms with van der Waals surface area (Å²) in [5, 5.41) is 11.1. The van der Waals surface area contributed by atoms with Gasteiger partial charge in [-0.2, -0.15) is 0 Å². The van der Waals surface area contributed by atoms with E-state index in [1.165, 1.54) is 11.6 Å². The van der Waals surface area contributed by atoms with Crippen LogP contribution in [0.2, 0.25) is 0 Å². The zero-order valence-electron chi connectivity index (χ0n) is 14.5. The molecule has 1 heterocycles. The fraction of sp³-hybridized carbons (Fsp3) is 0.316. The molecule has 5 nitrogen and oxygen atoms in total. The number of hydrogen-bond acceptors (Lipinski definition) is 4. The van der Waals surface area contributed by atoms with Crippen molar-refractivity contribution in [2.75, 3.05) is 12.3 Å². The molecule has 1 aliphatic rings. The molecule has 1 saturated heterocycles. The smallest absolute Gasteiger partial charge is 0.273 e. The third-order valence-electron chi connectivity index (χ3n) is 4.50. The van der Waals surface area contributed by atoms with Crippen LogP contribution in [0.1, 0.15) is 38.0 Å². The molecule has 6 heteroatoms. The summed E-state index contributed by atoms with van der Waals surface area (Å²) in [5.41, 5.74) is 4.39. The fourth-order valence-electron chi connectivity index (χ4n) is 3.14. The lowest BCUT2D eigenvalue weighted by atomic mass is 10.0. The first-order chi connectivity index (χ1) is 11.9. The molecule has 0 aromatic heterocycles. The van der Waals surface area contributed by atoms with Crippen LogP contribution in [0.25, 0.3) is 0 Å². The van der Waals surface area contributed by atoms with Crippen LogP contribution in [0.4, 0.5) is 5.69 Å². The molecule has 0 unspecified atom stereocenters. The van der Waals surface area contributed by atoms with Gasteiger partial charge in [-0.3, -0.25) is 14.9 Å². The van der Waals surface area contributed by atoms with Gasteiger partial charge in [0.2, 0.25) is 0 Å². The van der Waals surface area contributed by atoms with Crippen LogP contribution in [0, 0.1) is 30.9 Å². The Morgan fingerprint density at radius 2 is 1.92 bits per heavy atom. The Labute approximate surface area is 151 Å². The number of benzene rings is 2. The van der Waals surface area contributed by atoms with Crippen molar-refractivity contribution in [3.8, 4) is 0 Å². The lowest BCUT2D eigenvalue weighted by molar-refractivity contribution is -0.385. The lowest BCUT2D eigenvalue weighted by Gasteiger charge is -2.25. The molecule has 2 aromatic carbocycles. The average Bonchev–Trinajstić information content (AvgIpc) is 3.03. The van der Waals surface area contributed by atoms with Crippen LogP contribution in [-0.4, -0.2) is 28.0 Å².